The molecule has 1 aliphatic rings. The molecule has 0 saturated carbocycles. The molecule has 5 nitrogen and oxygen atoms in total. The lowest BCUT2D eigenvalue weighted by molar-refractivity contribution is -0.133. The molecule has 1 aliphatic heterocycles. The van der Waals surface area contributed by atoms with Crippen molar-refractivity contribution in [2.75, 3.05) is 0 Å². The van der Waals surface area contributed by atoms with E-state index in [1.165, 1.54) is 6.21 Å². The molecule has 0 spiro atoms. The minimum Gasteiger partial charge on any atom is -0.405 e. The van der Waals surface area contributed by atoms with Crippen LogP contribution >= 0.6 is 0 Å². The average Bonchev–Trinajstić information content (AvgIpc) is 3.01. The van der Waals surface area contributed by atoms with Gasteiger partial charge in [0.2, 0.25) is 5.90 Å². The number of aliphatic imine (C=N–C) groups is 2. The predicted octanol–water partition coefficient (Wildman–Crippen LogP) is 3.93. The van der Waals surface area contributed by atoms with Gasteiger partial charge < -0.3 is 4.74 Å². The third-order valence-corrected chi connectivity index (χ3v) is 4.22. The van der Waals surface area contributed by atoms with Crippen molar-refractivity contribution in [2.45, 2.75) is 19.9 Å². The highest BCUT2D eigenvalue weighted by atomic mass is 16.6. The zero-order valence-electron chi connectivity index (χ0n) is 14.5. The van der Waals surface area contributed by atoms with E-state index in [2.05, 4.69) is 21.9 Å². The molecule has 1 aromatic heterocycles. The summed E-state index contributed by atoms with van der Waals surface area (Å²) < 4.78 is 5.28. The zero-order chi connectivity index (χ0) is 18.1. The van der Waals surface area contributed by atoms with E-state index in [9.17, 15) is 4.79 Å². The summed E-state index contributed by atoms with van der Waals surface area (Å²) in [6.07, 6.45) is 1.52. The summed E-state index contributed by atoms with van der Waals surface area (Å²) in [4.78, 5) is 25.5. The summed E-state index contributed by atoms with van der Waals surface area (Å²) in [5.74, 6) is -0.0945. The number of fused-ring (bicyclic) bond motifs is 1. The van der Waals surface area contributed by atoms with Gasteiger partial charge in [0.15, 0.2) is 6.04 Å². The Kier molecular flexibility index (Phi) is 4.05. The maximum atomic E-state index is 12.1. The first-order valence-electron chi connectivity index (χ1n) is 8.38. The first kappa shape index (κ1) is 16.1. The van der Waals surface area contributed by atoms with Gasteiger partial charge in [-0.05, 0) is 43.7 Å². The third kappa shape index (κ3) is 2.99. The van der Waals surface area contributed by atoms with Crippen molar-refractivity contribution >= 4 is 34.7 Å². The molecule has 3 aromatic rings. The van der Waals surface area contributed by atoms with E-state index in [0.717, 1.165) is 27.7 Å². The van der Waals surface area contributed by atoms with Crippen LogP contribution in [0.5, 0.6) is 0 Å². The van der Waals surface area contributed by atoms with Crippen molar-refractivity contribution in [1.29, 1.82) is 0 Å². The Balaban J connectivity index is 1.67. The SMILES string of the molecule is Cc1cc(C)c2cccc(N=CC3N=C(c4ccccc4)OC3=O)c2n1. The molecule has 2 aromatic carbocycles. The molecule has 5 heteroatoms. The van der Waals surface area contributed by atoms with Gasteiger partial charge in [-0.3, -0.25) is 9.98 Å². The number of pyridine rings is 1. The van der Waals surface area contributed by atoms with Crippen LogP contribution in [0.1, 0.15) is 16.8 Å². The number of benzene rings is 2. The molecular formula is C21H17N3O2. The lowest BCUT2D eigenvalue weighted by Crippen LogP contribution is -2.16. The summed E-state index contributed by atoms with van der Waals surface area (Å²) in [6, 6.07) is 16.5. The van der Waals surface area contributed by atoms with Crippen molar-refractivity contribution in [3.63, 3.8) is 0 Å². The topological polar surface area (TPSA) is 63.9 Å². The normalized spacial score (nSPS) is 16.9. The molecule has 26 heavy (non-hydrogen) atoms. The Bertz CT molecular complexity index is 1060. The Hall–Kier alpha value is -3.34. The van der Waals surface area contributed by atoms with E-state index in [1.807, 2.05) is 61.5 Å². The average molecular weight is 343 g/mol. The summed E-state index contributed by atoms with van der Waals surface area (Å²) in [7, 11) is 0. The van der Waals surface area contributed by atoms with Crippen molar-refractivity contribution in [2.24, 2.45) is 9.98 Å². The largest absolute Gasteiger partial charge is 0.405 e. The summed E-state index contributed by atoms with van der Waals surface area (Å²) in [5, 5.41) is 1.05. The highest BCUT2D eigenvalue weighted by Gasteiger charge is 2.28. The van der Waals surface area contributed by atoms with Crippen LogP contribution in [0.25, 0.3) is 10.9 Å². The molecule has 0 aliphatic carbocycles. The Morgan fingerprint density at radius 1 is 1.08 bits per heavy atom. The van der Waals surface area contributed by atoms with Gasteiger partial charge in [0, 0.05) is 22.9 Å². The molecule has 0 bridgehead atoms. The van der Waals surface area contributed by atoms with Crippen molar-refractivity contribution < 1.29 is 9.53 Å². The number of aryl methyl sites for hydroxylation is 2. The summed E-state index contributed by atoms with van der Waals surface area (Å²) in [5.41, 5.74) is 4.39. The second kappa shape index (κ2) is 6.52. The zero-order valence-corrected chi connectivity index (χ0v) is 14.5. The standard InChI is InChI=1S/C21H17N3O2/c1-13-11-14(2)23-19-16(13)9-6-10-17(19)22-12-18-21(25)26-20(24-18)15-7-4-3-5-8-15/h3-12,18H,1-2H3. The third-order valence-electron chi connectivity index (χ3n) is 4.22. The first-order chi connectivity index (χ1) is 12.6. The van der Waals surface area contributed by atoms with Gasteiger partial charge in [-0.2, -0.15) is 0 Å². The molecule has 0 saturated heterocycles. The fourth-order valence-electron chi connectivity index (χ4n) is 2.99. The van der Waals surface area contributed by atoms with E-state index in [4.69, 9.17) is 4.74 Å². The lowest BCUT2D eigenvalue weighted by Gasteiger charge is -2.06. The monoisotopic (exact) mass is 343 g/mol. The van der Waals surface area contributed by atoms with Crippen LogP contribution in [-0.4, -0.2) is 29.1 Å². The van der Waals surface area contributed by atoms with E-state index in [-0.39, 0.29) is 0 Å². The predicted molar refractivity (Wildman–Crippen MR) is 102 cm³/mol. The molecule has 0 N–H and O–H groups in total. The molecule has 0 amide bonds. The molecule has 0 radical (unpaired) electrons. The number of cyclic esters (lactones) is 1. The van der Waals surface area contributed by atoms with Crippen molar-refractivity contribution in [3.8, 4) is 0 Å². The second-order valence-electron chi connectivity index (χ2n) is 6.20. The van der Waals surface area contributed by atoms with Gasteiger partial charge >= 0.3 is 5.97 Å². The Morgan fingerprint density at radius 2 is 1.88 bits per heavy atom. The smallest absolute Gasteiger partial charge is 0.343 e. The summed E-state index contributed by atoms with van der Waals surface area (Å²) >= 11 is 0. The van der Waals surface area contributed by atoms with Crippen LogP contribution in [0.2, 0.25) is 0 Å². The molecule has 2 heterocycles. The van der Waals surface area contributed by atoms with Crippen molar-refractivity contribution in [3.05, 3.63) is 71.4 Å². The van der Waals surface area contributed by atoms with Gasteiger partial charge in [-0.15, -0.1) is 0 Å². The number of hydrogen-bond donors (Lipinski definition) is 0. The number of para-hydroxylation sites is 1. The number of carbonyl (C=O) groups is 1. The minimum absolute atomic E-state index is 0.329. The minimum atomic E-state index is -0.744. The van der Waals surface area contributed by atoms with Gasteiger partial charge in [-0.25, -0.2) is 9.79 Å². The molecule has 0 fully saturated rings. The van der Waals surface area contributed by atoms with Crippen LogP contribution in [0.15, 0.2) is 64.6 Å². The van der Waals surface area contributed by atoms with Gasteiger partial charge in [0.1, 0.15) is 0 Å². The van der Waals surface area contributed by atoms with Gasteiger partial charge in [0.05, 0.1) is 11.2 Å². The van der Waals surface area contributed by atoms with Crippen LogP contribution < -0.4 is 0 Å². The number of hydrogen-bond acceptors (Lipinski definition) is 5. The van der Waals surface area contributed by atoms with Crippen LogP contribution in [0, 0.1) is 13.8 Å². The van der Waals surface area contributed by atoms with Crippen molar-refractivity contribution in [1.82, 2.24) is 4.98 Å². The van der Waals surface area contributed by atoms with E-state index in [0.29, 0.717) is 11.6 Å². The molecule has 4 rings (SSSR count). The van der Waals surface area contributed by atoms with Gasteiger partial charge in [0.25, 0.3) is 0 Å². The highest BCUT2D eigenvalue weighted by Crippen LogP contribution is 2.27. The maximum absolute atomic E-state index is 12.1. The van der Waals surface area contributed by atoms with Crippen LogP contribution in [0.4, 0.5) is 5.69 Å². The number of aromatic nitrogens is 1. The van der Waals surface area contributed by atoms with E-state index >= 15 is 0 Å². The molecular weight excluding hydrogens is 326 g/mol. The Labute approximate surface area is 151 Å². The second-order valence-corrected chi connectivity index (χ2v) is 6.20. The molecule has 1 atom stereocenters. The van der Waals surface area contributed by atoms with Crippen LogP contribution in [-0.2, 0) is 9.53 Å². The van der Waals surface area contributed by atoms with E-state index < -0.39 is 12.0 Å². The number of ether oxygens (including phenoxy) is 1. The molecule has 1 unspecified atom stereocenters. The maximum Gasteiger partial charge on any atom is 0.343 e. The fourth-order valence-corrected chi connectivity index (χ4v) is 2.99. The quantitative estimate of drug-likeness (QED) is 0.535. The number of nitrogens with zero attached hydrogens (tertiary/aromatic N) is 3. The van der Waals surface area contributed by atoms with E-state index in [1.54, 1.807) is 0 Å². The van der Waals surface area contributed by atoms with Gasteiger partial charge in [-0.1, -0.05) is 30.3 Å². The fraction of sp³-hybridized carbons (Fsp3) is 0.143. The molecule has 128 valence electrons. The van der Waals surface area contributed by atoms with Crippen LogP contribution in [0.3, 0.4) is 0 Å². The first-order valence-corrected chi connectivity index (χ1v) is 8.38. The summed E-state index contributed by atoms with van der Waals surface area (Å²) in [6.45, 7) is 4.01. The lowest BCUT2D eigenvalue weighted by atomic mass is 10.1. The number of rotatable bonds is 3. The highest BCUT2D eigenvalue weighted by molar-refractivity contribution is 6.12. The number of esters is 1. The number of carbonyl (C=O) groups excluding carboxylic acids is 1. The Morgan fingerprint density at radius 3 is 2.69 bits per heavy atom.